The standard InChI is InChI=1S/C19H23NO7S/c1-2-3-11-27-16-9-8-13-6-4-5-7-14(13)17(16)18(21)20-15(19(22)23)10-12-28(24,25)26/h4-9,15H,2-3,10-12H2,1H3,(H,20,21)(H,22,23)(H,24,25,26)/t15-/m0/s1. The normalized spacial score (nSPS) is 12.5. The summed E-state index contributed by atoms with van der Waals surface area (Å²) in [4.78, 5) is 24.3. The predicted octanol–water partition coefficient (Wildman–Crippen LogP) is 2.48. The number of amides is 1. The van der Waals surface area contributed by atoms with Gasteiger partial charge in [0.15, 0.2) is 0 Å². The molecule has 0 saturated carbocycles. The summed E-state index contributed by atoms with van der Waals surface area (Å²) in [6.07, 6.45) is 1.24. The number of nitrogens with one attached hydrogen (secondary N) is 1. The molecule has 0 saturated heterocycles. The highest BCUT2D eigenvalue weighted by atomic mass is 32.2. The van der Waals surface area contributed by atoms with Gasteiger partial charge in [-0.1, -0.05) is 43.7 Å². The molecular formula is C19H23NO7S. The first-order valence-electron chi connectivity index (χ1n) is 8.86. The van der Waals surface area contributed by atoms with E-state index in [2.05, 4.69) is 5.32 Å². The average Bonchev–Trinajstić information content (AvgIpc) is 2.63. The van der Waals surface area contributed by atoms with Crippen LogP contribution in [0, 0.1) is 0 Å². The lowest BCUT2D eigenvalue weighted by atomic mass is 10.0. The number of hydrogen-bond acceptors (Lipinski definition) is 5. The molecule has 0 fully saturated rings. The van der Waals surface area contributed by atoms with Crippen molar-refractivity contribution in [2.24, 2.45) is 0 Å². The molecule has 2 aromatic rings. The summed E-state index contributed by atoms with van der Waals surface area (Å²) in [5.41, 5.74) is 0.187. The maximum absolute atomic E-state index is 12.9. The Morgan fingerprint density at radius 3 is 2.54 bits per heavy atom. The van der Waals surface area contributed by atoms with Crippen LogP contribution in [-0.4, -0.2) is 48.4 Å². The third kappa shape index (κ3) is 5.93. The average molecular weight is 409 g/mol. The first-order valence-corrected chi connectivity index (χ1v) is 10.5. The van der Waals surface area contributed by atoms with Gasteiger partial charge in [-0.3, -0.25) is 9.35 Å². The van der Waals surface area contributed by atoms with Gasteiger partial charge in [-0.25, -0.2) is 4.79 Å². The Labute approximate surface area is 163 Å². The summed E-state index contributed by atoms with van der Waals surface area (Å²) in [5, 5.41) is 13.0. The quantitative estimate of drug-likeness (QED) is 0.406. The zero-order valence-corrected chi connectivity index (χ0v) is 16.2. The van der Waals surface area contributed by atoms with Crippen molar-refractivity contribution in [1.82, 2.24) is 5.32 Å². The molecule has 0 spiro atoms. The number of aliphatic carboxylic acids is 1. The van der Waals surface area contributed by atoms with Crippen molar-refractivity contribution >= 4 is 32.8 Å². The second-order valence-corrected chi connectivity index (χ2v) is 7.87. The molecule has 1 amide bonds. The van der Waals surface area contributed by atoms with E-state index in [1.807, 2.05) is 19.1 Å². The summed E-state index contributed by atoms with van der Waals surface area (Å²) in [7, 11) is -4.35. The molecule has 152 valence electrons. The van der Waals surface area contributed by atoms with Gasteiger partial charge in [0, 0.05) is 0 Å². The van der Waals surface area contributed by atoms with Crippen molar-refractivity contribution in [3.05, 3.63) is 42.0 Å². The van der Waals surface area contributed by atoms with Crippen molar-refractivity contribution in [1.29, 1.82) is 0 Å². The molecule has 0 radical (unpaired) electrons. The fraction of sp³-hybridized carbons (Fsp3) is 0.368. The number of unbranched alkanes of at least 4 members (excludes halogenated alkanes) is 1. The number of hydrogen-bond donors (Lipinski definition) is 3. The summed E-state index contributed by atoms with van der Waals surface area (Å²) in [6, 6.07) is 9.09. The lowest BCUT2D eigenvalue weighted by molar-refractivity contribution is -0.139. The van der Waals surface area contributed by atoms with Gasteiger partial charge in [-0.2, -0.15) is 8.42 Å². The molecule has 28 heavy (non-hydrogen) atoms. The molecule has 2 rings (SSSR count). The number of rotatable bonds is 10. The van der Waals surface area contributed by atoms with E-state index in [0.717, 1.165) is 18.2 Å². The van der Waals surface area contributed by atoms with Crippen LogP contribution in [0.25, 0.3) is 10.8 Å². The fourth-order valence-corrected chi connectivity index (χ4v) is 3.22. The van der Waals surface area contributed by atoms with Crippen LogP contribution < -0.4 is 10.1 Å². The van der Waals surface area contributed by atoms with E-state index in [0.29, 0.717) is 17.7 Å². The molecule has 2 aromatic carbocycles. The van der Waals surface area contributed by atoms with E-state index in [1.165, 1.54) is 0 Å². The van der Waals surface area contributed by atoms with Crippen molar-refractivity contribution in [3.63, 3.8) is 0 Å². The predicted molar refractivity (Wildman–Crippen MR) is 104 cm³/mol. The van der Waals surface area contributed by atoms with Crippen molar-refractivity contribution < 1.29 is 32.4 Å². The van der Waals surface area contributed by atoms with E-state index in [4.69, 9.17) is 9.29 Å². The van der Waals surface area contributed by atoms with Crippen LogP contribution in [0.1, 0.15) is 36.5 Å². The molecule has 0 heterocycles. The molecular weight excluding hydrogens is 386 g/mol. The molecule has 0 aromatic heterocycles. The number of carbonyl (C=O) groups excluding carboxylic acids is 1. The Bertz CT molecular complexity index is 956. The van der Waals surface area contributed by atoms with Crippen molar-refractivity contribution in [3.8, 4) is 5.75 Å². The number of benzene rings is 2. The molecule has 1 atom stereocenters. The molecule has 0 aliphatic carbocycles. The fourth-order valence-electron chi connectivity index (χ4n) is 2.69. The maximum Gasteiger partial charge on any atom is 0.326 e. The van der Waals surface area contributed by atoms with Crippen molar-refractivity contribution in [2.75, 3.05) is 12.4 Å². The Balaban J connectivity index is 2.35. The smallest absolute Gasteiger partial charge is 0.326 e. The highest BCUT2D eigenvalue weighted by Crippen LogP contribution is 2.28. The van der Waals surface area contributed by atoms with Gasteiger partial charge in [0.1, 0.15) is 11.8 Å². The third-order valence-electron chi connectivity index (χ3n) is 4.14. The maximum atomic E-state index is 12.9. The Kier molecular flexibility index (Phi) is 7.36. The molecule has 0 aliphatic heterocycles. The zero-order valence-electron chi connectivity index (χ0n) is 15.4. The largest absolute Gasteiger partial charge is 0.493 e. The van der Waals surface area contributed by atoms with E-state index in [9.17, 15) is 23.1 Å². The summed E-state index contributed by atoms with van der Waals surface area (Å²) in [5.74, 6) is -2.54. The Morgan fingerprint density at radius 1 is 1.18 bits per heavy atom. The number of fused-ring (bicyclic) bond motifs is 1. The Hall–Kier alpha value is -2.65. The molecule has 8 nitrogen and oxygen atoms in total. The number of carboxylic acid groups (broad SMARTS) is 1. The zero-order chi connectivity index (χ0) is 20.7. The van der Waals surface area contributed by atoms with E-state index < -0.39 is 40.2 Å². The first-order chi connectivity index (χ1) is 13.2. The third-order valence-corrected chi connectivity index (χ3v) is 4.89. The highest BCUT2D eigenvalue weighted by molar-refractivity contribution is 7.85. The number of carbonyl (C=O) groups is 2. The molecule has 0 aliphatic rings. The minimum atomic E-state index is -4.35. The van der Waals surface area contributed by atoms with Gasteiger partial charge in [0.2, 0.25) is 0 Å². The Morgan fingerprint density at radius 2 is 1.89 bits per heavy atom. The van der Waals surface area contributed by atoms with Crippen LogP contribution in [-0.2, 0) is 14.9 Å². The monoisotopic (exact) mass is 409 g/mol. The summed E-state index contributed by atoms with van der Waals surface area (Å²) in [6.45, 7) is 2.41. The van der Waals surface area contributed by atoms with Crippen LogP contribution >= 0.6 is 0 Å². The second kappa shape index (κ2) is 9.52. The van der Waals surface area contributed by atoms with Crippen LogP contribution in [0.2, 0.25) is 0 Å². The SMILES string of the molecule is CCCCOc1ccc2ccccc2c1C(=O)N[C@@H](CCS(=O)(=O)O)C(=O)O. The van der Waals surface area contributed by atoms with Gasteiger partial charge in [0.25, 0.3) is 16.0 Å². The summed E-state index contributed by atoms with van der Waals surface area (Å²) < 4.78 is 36.4. The van der Waals surface area contributed by atoms with Crippen LogP contribution in [0.3, 0.4) is 0 Å². The van der Waals surface area contributed by atoms with Crippen LogP contribution in [0.5, 0.6) is 5.75 Å². The van der Waals surface area contributed by atoms with Gasteiger partial charge in [-0.15, -0.1) is 0 Å². The lowest BCUT2D eigenvalue weighted by Gasteiger charge is -2.17. The van der Waals surface area contributed by atoms with E-state index in [1.54, 1.807) is 24.3 Å². The lowest BCUT2D eigenvalue weighted by Crippen LogP contribution is -2.42. The van der Waals surface area contributed by atoms with Crippen LogP contribution in [0.15, 0.2) is 36.4 Å². The number of ether oxygens (including phenoxy) is 1. The van der Waals surface area contributed by atoms with E-state index >= 15 is 0 Å². The van der Waals surface area contributed by atoms with Gasteiger partial charge >= 0.3 is 5.97 Å². The molecule has 0 bridgehead atoms. The molecule has 3 N–H and O–H groups in total. The number of carboxylic acids is 1. The summed E-state index contributed by atoms with van der Waals surface area (Å²) >= 11 is 0. The van der Waals surface area contributed by atoms with Gasteiger partial charge in [-0.05, 0) is 29.7 Å². The minimum absolute atomic E-state index is 0.187. The molecule has 0 unspecified atom stereocenters. The van der Waals surface area contributed by atoms with Crippen molar-refractivity contribution in [2.45, 2.75) is 32.2 Å². The van der Waals surface area contributed by atoms with Crippen LogP contribution in [0.4, 0.5) is 0 Å². The first kappa shape index (κ1) is 21.6. The topological polar surface area (TPSA) is 130 Å². The van der Waals surface area contributed by atoms with E-state index in [-0.39, 0.29) is 5.56 Å². The second-order valence-electron chi connectivity index (χ2n) is 6.30. The highest BCUT2D eigenvalue weighted by Gasteiger charge is 2.25. The minimum Gasteiger partial charge on any atom is -0.493 e. The van der Waals surface area contributed by atoms with Gasteiger partial charge in [0.05, 0.1) is 17.9 Å². The van der Waals surface area contributed by atoms with Gasteiger partial charge < -0.3 is 15.2 Å². The molecule has 9 heteroatoms.